The summed E-state index contributed by atoms with van der Waals surface area (Å²) in [5.74, 6) is 0. The second kappa shape index (κ2) is 8.65. The zero-order chi connectivity index (χ0) is 19.7. The third-order valence-corrected chi connectivity index (χ3v) is 5.29. The van der Waals surface area contributed by atoms with Crippen LogP contribution >= 0.6 is 23.2 Å². The number of rotatable bonds is 2. The van der Waals surface area contributed by atoms with Gasteiger partial charge in [0.05, 0.1) is 13.2 Å². The number of aliphatic hydroxyl groups is 2. The lowest BCUT2D eigenvalue weighted by molar-refractivity contribution is -0.332. The monoisotopic (exact) mass is 426 g/mol. The van der Waals surface area contributed by atoms with Crippen molar-refractivity contribution in [3.8, 4) is 0 Å². The van der Waals surface area contributed by atoms with Crippen molar-refractivity contribution in [2.45, 2.75) is 37.0 Å². The van der Waals surface area contributed by atoms with Crippen LogP contribution in [0.1, 0.15) is 23.7 Å². The van der Waals surface area contributed by atoms with Crippen LogP contribution in [0.4, 0.5) is 0 Å². The maximum absolute atomic E-state index is 10.6. The minimum Gasteiger partial charge on any atom is -0.388 e. The molecule has 0 bridgehead atoms. The Hall–Kier alpha value is -1.22. The molecular formula is C20H20Cl2O6. The van der Waals surface area contributed by atoms with Crippen LogP contribution in [-0.4, -0.2) is 47.8 Å². The molecule has 2 aliphatic heterocycles. The summed E-state index contributed by atoms with van der Waals surface area (Å²) in [6.45, 7) is 0.0582. The molecule has 6 nitrogen and oxygen atoms in total. The van der Waals surface area contributed by atoms with Crippen molar-refractivity contribution in [3.63, 3.8) is 0 Å². The first kappa shape index (κ1) is 20.1. The predicted molar refractivity (Wildman–Crippen MR) is 102 cm³/mol. The first-order chi connectivity index (χ1) is 13.5. The van der Waals surface area contributed by atoms with E-state index in [1.807, 2.05) is 0 Å². The predicted octanol–water partition coefficient (Wildman–Crippen LogP) is 3.24. The van der Waals surface area contributed by atoms with E-state index in [2.05, 4.69) is 0 Å². The van der Waals surface area contributed by atoms with Gasteiger partial charge < -0.3 is 29.2 Å². The molecule has 2 aliphatic rings. The molecule has 2 aromatic rings. The van der Waals surface area contributed by atoms with E-state index in [1.165, 1.54) is 0 Å². The number of fused-ring (bicyclic) bond motifs is 1. The quantitative estimate of drug-likeness (QED) is 0.767. The lowest BCUT2D eigenvalue weighted by atomic mass is 10.0. The maximum Gasteiger partial charge on any atom is 0.184 e. The highest BCUT2D eigenvalue weighted by Crippen LogP contribution is 2.35. The fourth-order valence-corrected chi connectivity index (χ4v) is 3.51. The van der Waals surface area contributed by atoms with Crippen LogP contribution in [-0.2, 0) is 18.9 Å². The van der Waals surface area contributed by atoms with Gasteiger partial charge in [-0.3, -0.25) is 0 Å². The van der Waals surface area contributed by atoms with Crippen molar-refractivity contribution < 1.29 is 29.2 Å². The van der Waals surface area contributed by atoms with Crippen LogP contribution < -0.4 is 0 Å². The molecule has 4 rings (SSSR count). The molecule has 2 aromatic carbocycles. The molecule has 0 spiro atoms. The standard InChI is InChI=1S/C20H20Cl2O6/c21-13-5-1-11(2-6-13)19-25-9-15(23)17(24)18-16(27-19)10-26-20(28-18)12-3-7-14(22)8-4-12/h1-8,15-20,23-24H,9-10H2/t15-,16+,17+,18+,19?,20?/m1/s1. The van der Waals surface area contributed by atoms with E-state index in [-0.39, 0.29) is 13.2 Å². The molecule has 0 aromatic heterocycles. The van der Waals surface area contributed by atoms with Crippen LogP contribution in [0.15, 0.2) is 48.5 Å². The molecule has 8 heteroatoms. The average molecular weight is 427 g/mol. The van der Waals surface area contributed by atoms with Gasteiger partial charge >= 0.3 is 0 Å². The summed E-state index contributed by atoms with van der Waals surface area (Å²) in [7, 11) is 0. The molecule has 0 amide bonds. The van der Waals surface area contributed by atoms with Crippen molar-refractivity contribution >= 4 is 23.2 Å². The number of aliphatic hydroxyl groups excluding tert-OH is 2. The largest absolute Gasteiger partial charge is 0.388 e. The molecular weight excluding hydrogens is 407 g/mol. The highest BCUT2D eigenvalue weighted by atomic mass is 35.5. The maximum atomic E-state index is 10.6. The Kier molecular flexibility index (Phi) is 6.20. The third kappa shape index (κ3) is 4.35. The topological polar surface area (TPSA) is 77.4 Å². The van der Waals surface area contributed by atoms with E-state index < -0.39 is 37.0 Å². The SMILES string of the molecule is O[C@@H]1[C@H]2OC(c3ccc(Cl)cc3)OC[C@@H]2OC(c2ccc(Cl)cc2)OC[C@H]1O. The summed E-state index contributed by atoms with van der Waals surface area (Å²) in [4.78, 5) is 0. The van der Waals surface area contributed by atoms with Crippen LogP contribution in [0.25, 0.3) is 0 Å². The number of ether oxygens (including phenoxy) is 4. The lowest BCUT2D eigenvalue weighted by Gasteiger charge is -2.42. The molecule has 0 radical (unpaired) electrons. The van der Waals surface area contributed by atoms with Gasteiger partial charge in [0.1, 0.15) is 24.4 Å². The molecule has 6 atom stereocenters. The molecule has 28 heavy (non-hydrogen) atoms. The molecule has 2 saturated heterocycles. The van der Waals surface area contributed by atoms with Crippen LogP contribution in [0.2, 0.25) is 10.0 Å². The minimum atomic E-state index is -1.19. The summed E-state index contributed by atoms with van der Waals surface area (Å²) in [5, 5.41) is 22.1. The Morgan fingerprint density at radius 1 is 0.714 bits per heavy atom. The van der Waals surface area contributed by atoms with Gasteiger partial charge in [-0.1, -0.05) is 47.5 Å². The highest BCUT2D eigenvalue weighted by molar-refractivity contribution is 6.30. The highest BCUT2D eigenvalue weighted by Gasteiger charge is 2.44. The van der Waals surface area contributed by atoms with Crippen LogP contribution in [0.3, 0.4) is 0 Å². The van der Waals surface area contributed by atoms with E-state index in [0.29, 0.717) is 10.0 Å². The van der Waals surface area contributed by atoms with Crippen molar-refractivity contribution in [1.82, 2.24) is 0 Å². The Labute approximate surface area is 172 Å². The zero-order valence-electron chi connectivity index (χ0n) is 14.8. The van der Waals surface area contributed by atoms with Gasteiger partial charge in [0.25, 0.3) is 0 Å². The molecule has 2 unspecified atom stereocenters. The third-order valence-electron chi connectivity index (χ3n) is 4.79. The summed E-state index contributed by atoms with van der Waals surface area (Å²) < 4.78 is 23.5. The van der Waals surface area contributed by atoms with Gasteiger partial charge in [0.2, 0.25) is 0 Å². The second-order valence-corrected chi connectivity index (χ2v) is 7.64. The number of hydrogen-bond acceptors (Lipinski definition) is 6. The van der Waals surface area contributed by atoms with Gasteiger partial charge in [-0.2, -0.15) is 0 Å². The number of hydrogen-bond donors (Lipinski definition) is 2. The van der Waals surface area contributed by atoms with Gasteiger partial charge in [-0.25, -0.2) is 0 Å². The molecule has 2 heterocycles. The lowest BCUT2D eigenvalue weighted by Crippen LogP contribution is -2.55. The normalized spacial score (nSPS) is 33.6. The van der Waals surface area contributed by atoms with Crippen molar-refractivity contribution in [2.24, 2.45) is 0 Å². The molecule has 150 valence electrons. The molecule has 0 aliphatic carbocycles. The van der Waals surface area contributed by atoms with Crippen LogP contribution in [0, 0.1) is 0 Å². The Morgan fingerprint density at radius 2 is 1.21 bits per heavy atom. The first-order valence-electron chi connectivity index (χ1n) is 8.92. The minimum absolute atomic E-state index is 0.104. The van der Waals surface area contributed by atoms with Crippen molar-refractivity contribution in [1.29, 1.82) is 0 Å². The van der Waals surface area contributed by atoms with E-state index in [9.17, 15) is 10.2 Å². The smallest absolute Gasteiger partial charge is 0.184 e. The number of benzene rings is 2. The number of halogens is 2. The second-order valence-electron chi connectivity index (χ2n) is 6.77. The summed E-state index contributed by atoms with van der Waals surface area (Å²) in [5.41, 5.74) is 1.50. The fraction of sp³-hybridized carbons (Fsp3) is 0.400. The summed E-state index contributed by atoms with van der Waals surface area (Å²) in [6.07, 6.45) is -5.17. The van der Waals surface area contributed by atoms with Crippen molar-refractivity contribution in [3.05, 3.63) is 69.7 Å². The van der Waals surface area contributed by atoms with Crippen LogP contribution in [0.5, 0.6) is 0 Å². The molecule has 2 N–H and O–H groups in total. The van der Waals surface area contributed by atoms with Gasteiger partial charge in [-0.05, 0) is 24.3 Å². The van der Waals surface area contributed by atoms with E-state index in [0.717, 1.165) is 11.1 Å². The average Bonchev–Trinajstić information content (AvgIpc) is 2.71. The van der Waals surface area contributed by atoms with Gasteiger partial charge in [0.15, 0.2) is 12.6 Å². The van der Waals surface area contributed by atoms with Gasteiger partial charge in [-0.15, -0.1) is 0 Å². The van der Waals surface area contributed by atoms with E-state index in [4.69, 9.17) is 42.1 Å². The van der Waals surface area contributed by atoms with Crippen molar-refractivity contribution in [2.75, 3.05) is 13.2 Å². The fourth-order valence-electron chi connectivity index (χ4n) is 3.25. The molecule has 0 saturated carbocycles. The zero-order valence-corrected chi connectivity index (χ0v) is 16.3. The van der Waals surface area contributed by atoms with E-state index >= 15 is 0 Å². The Bertz CT molecular complexity index is 784. The van der Waals surface area contributed by atoms with Gasteiger partial charge in [0, 0.05) is 21.2 Å². The first-order valence-corrected chi connectivity index (χ1v) is 9.68. The Balaban J connectivity index is 1.54. The molecule has 2 fully saturated rings. The Morgan fingerprint density at radius 3 is 1.79 bits per heavy atom. The van der Waals surface area contributed by atoms with E-state index in [1.54, 1.807) is 48.5 Å². The summed E-state index contributed by atoms with van der Waals surface area (Å²) >= 11 is 11.9. The summed E-state index contributed by atoms with van der Waals surface area (Å²) in [6, 6.07) is 14.1.